The standard InChI is InChI=1S/C28H35NO5S/c1-17(30)34-20-11-12-24-21(15-20)22(16-35-24)27(32)29-26-18(13-19-14-23(26)28(19,2)3)9-7-5-6-8-10-25(31)33-4/h5,7,11-12,15-16,18-19,23,26H,6,8-10,13-14H2,1-4H3,(H,29,32)/b7-5-. The van der Waals surface area contributed by atoms with Gasteiger partial charge in [-0.3, -0.25) is 14.4 Å². The van der Waals surface area contributed by atoms with Gasteiger partial charge in [0.25, 0.3) is 5.91 Å². The smallest absolute Gasteiger partial charge is 0.308 e. The molecule has 1 heterocycles. The van der Waals surface area contributed by atoms with Crippen molar-refractivity contribution in [2.75, 3.05) is 7.11 Å². The highest BCUT2D eigenvalue weighted by molar-refractivity contribution is 7.17. The summed E-state index contributed by atoms with van der Waals surface area (Å²) in [6, 6.07) is 5.55. The molecule has 188 valence electrons. The van der Waals surface area contributed by atoms with E-state index >= 15 is 0 Å². The molecule has 0 aliphatic heterocycles. The Morgan fingerprint density at radius 1 is 1.20 bits per heavy atom. The van der Waals surface area contributed by atoms with Gasteiger partial charge in [0.05, 0.1) is 12.7 Å². The first-order chi connectivity index (χ1) is 16.7. The Kier molecular flexibility index (Phi) is 7.64. The van der Waals surface area contributed by atoms with Crippen LogP contribution in [0, 0.1) is 23.2 Å². The lowest BCUT2D eigenvalue weighted by molar-refractivity contribution is -0.140. The Bertz CT molecular complexity index is 1130. The van der Waals surface area contributed by atoms with E-state index in [1.807, 2.05) is 11.4 Å². The van der Waals surface area contributed by atoms with Crippen molar-refractivity contribution in [2.24, 2.45) is 23.2 Å². The summed E-state index contributed by atoms with van der Waals surface area (Å²) in [7, 11) is 1.42. The van der Waals surface area contributed by atoms with Crippen LogP contribution < -0.4 is 10.1 Å². The third-order valence-corrected chi connectivity index (χ3v) is 8.97. The summed E-state index contributed by atoms with van der Waals surface area (Å²) >= 11 is 1.52. The van der Waals surface area contributed by atoms with Gasteiger partial charge in [-0.1, -0.05) is 26.0 Å². The number of nitrogens with one attached hydrogen (secondary N) is 1. The molecule has 35 heavy (non-hydrogen) atoms. The first-order valence-electron chi connectivity index (χ1n) is 12.4. The SMILES string of the molecule is COC(=O)CCC/C=C\CC1CC2CC(C1NC(=O)c1csc3ccc(OC(C)=O)cc13)C2(C)C. The summed E-state index contributed by atoms with van der Waals surface area (Å²) in [5.74, 6) is 1.40. The van der Waals surface area contributed by atoms with Crippen LogP contribution in [0.5, 0.6) is 5.75 Å². The molecule has 5 rings (SSSR count). The number of thiophene rings is 1. The Balaban J connectivity index is 1.45. The van der Waals surface area contributed by atoms with E-state index in [4.69, 9.17) is 9.47 Å². The zero-order valence-electron chi connectivity index (χ0n) is 21.0. The van der Waals surface area contributed by atoms with E-state index in [9.17, 15) is 14.4 Å². The van der Waals surface area contributed by atoms with Crippen molar-refractivity contribution in [1.82, 2.24) is 5.32 Å². The topological polar surface area (TPSA) is 81.7 Å². The molecular weight excluding hydrogens is 462 g/mol. The number of unbranched alkanes of at least 4 members (excludes halogenated alkanes) is 1. The van der Waals surface area contributed by atoms with Crippen LogP contribution in [0.25, 0.3) is 10.1 Å². The van der Waals surface area contributed by atoms with Gasteiger partial charge in [0.1, 0.15) is 5.75 Å². The van der Waals surface area contributed by atoms with Crippen LogP contribution in [0.2, 0.25) is 0 Å². The largest absolute Gasteiger partial charge is 0.469 e. The average Bonchev–Trinajstić information content (AvgIpc) is 3.24. The van der Waals surface area contributed by atoms with Crippen molar-refractivity contribution in [3.63, 3.8) is 0 Å². The lowest BCUT2D eigenvalue weighted by Gasteiger charge is -2.62. The normalized spacial score (nSPS) is 24.7. The molecule has 0 saturated heterocycles. The number of benzene rings is 1. The van der Waals surface area contributed by atoms with Gasteiger partial charge in [-0.2, -0.15) is 0 Å². The zero-order chi connectivity index (χ0) is 25.2. The van der Waals surface area contributed by atoms with E-state index in [0.29, 0.717) is 35.5 Å². The van der Waals surface area contributed by atoms with Gasteiger partial charge in [-0.05, 0) is 73.5 Å². The van der Waals surface area contributed by atoms with Crippen LogP contribution >= 0.6 is 11.3 Å². The van der Waals surface area contributed by atoms with Crippen LogP contribution in [0.1, 0.15) is 69.7 Å². The molecule has 3 fully saturated rings. The molecule has 3 aliphatic rings. The maximum absolute atomic E-state index is 13.5. The van der Waals surface area contributed by atoms with Gasteiger partial charge in [-0.15, -0.1) is 11.3 Å². The molecule has 0 radical (unpaired) electrons. The second kappa shape index (κ2) is 10.5. The highest BCUT2D eigenvalue weighted by Crippen LogP contribution is 2.61. The molecule has 1 aromatic heterocycles. The van der Waals surface area contributed by atoms with E-state index in [0.717, 1.165) is 42.2 Å². The van der Waals surface area contributed by atoms with Crippen molar-refractivity contribution in [2.45, 2.75) is 65.3 Å². The van der Waals surface area contributed by atoms with E-state index in [1.54, 1.807) is 12.1 Å². The lowest BCUT2D eigenvalue weighted by Crippen LogP contribution is -2.63. The molecule has 4 atom stereocenters. The van der Waals surface area contributed by atoms with Crippen LogP contribution in [0.3, 0.4) is 0 Å². The highest BCUT2D eigenvalue weighted by atomic mass is 32.1. The predicted molar refractivity (Wildman–Crippen MR) is 137 cm³/mol. The minimum absolute atomic E-state index is 0.0607. The van der Waals surface area contributed by atoms with Gasteiger partial charge < -0.3 is 14.8 Å². The van der Waals surface area contributed by atoms with E-state index < -0.39 is 0 Å². The minimum Gasteiger partial charge on any atom is -0.469 e. The lowest BCUT2D eigenvalue weighted by atomic mass is 9.44. The van der Waals surface area contributed by atoms with Crippen molar-refractivity contribution in [3.05, 3.63) is 41.3 Å². The number of esters is 2. The first kappa shape index (κ1) is 25.4. The number of hydrogen-bond acceptors (Lipinski definition) is 6. The molecule has 1 amide bonds. The number of ether oxygens (including phenoxy) is 2. The van der Waals surface area contributed by atoms with Gasteiger partial charge in [0.15, 0.2) is 0 Å². The van der Waals surface area contributed by atoms with Crippen LogP contribution in [0.4, 0.5) is 0 Å². The van der Waals surface area contributed by atoms with Crippen LogP contribution in [-0.4, -0.2) is 31.0 Å². The van der Waals surface area contributed by atoms with E-state index in [-0.39, 0.29) is 29.3 Å². The number of allylic oxidation sites excluding steroid dienone is 2. The first-order valence-corrected chi connectivity index (χ1v) is 13.3. The maximum Gasteiger partial charge on any atom is 0.308 e. The van der Waals surface area contributed by atoms with Crippen LogP contribution in [0.15, 0.2) is 35.7 Å². The number of amides is 1. The van der Waals surface area contributed by atoms with Crippen molar-refractivity contribution >= 4 is 39.3 Å². The molecule has 2 aromatic rings. The summed E-state index contributed by atoms with van der Waals surface area (Å²) in [6.07, 6.45) is 9.64. The third kappa shape index (κ3) is 5.45. The number of rotatable bonds is 9. The molecule has 6 nitrogen and oxygen atoms in total. The molecule has 1 N–H and O–H groups in total. The predicted octanol–water partition coefficient (Wildman–Crippen LogP) is 5.90. The van der Waals surface area contributed by atoms with E-state index in [2.05, 4.69) is 31.3 Å². The summed E-state index contributed by atoms with van der Waals surface area (Å²) in [4.78, 5) is 36.1. The maximum atomic E-state index is 13.5. The van der Waals surface area contributed by atoms with Gasteiger partial charge >= 0.3 is 11.9 Å². The Hall–Kier alpha value is -2.67. The van der Waals surface area contributed by atoms with Gasteiger partial charge in [-0.25, -0.2) is 0 Å². The molecule has 7 heteroatoms. The zero-order valence-corrected chi connectivity index (χ0v) is 21.8. The molecule has 2 bridgehead atoms. The molecule has 1 aromatic carbocycles. The number of methoxy groups -OCH3 is 1. The van der Waals surface area contributed by atoms with Crippen molar-refractivity contribution in [3.8, 4) is 5.75 Å². The molecule has 0 spiro atoms. The molecule has 3 aliphatic carbocycles. The van der Waals surface area contributed by atoms with Gasteiger partial charge in [0, 0.05) is 34.9 Å². The fourth-order valence-electron chi connectivity index (χ4n) is 5.87. The fourth-order valence-corrected chi connectivity index (χ4v) is 6.79. The third-order valence-electron chi connectivity index (χ3n) is 8.01. The molecule has 4 unspecified atom stereocenters. The van der Waals surface area contributed by atoms with Gasteiger partial charge in [0.2, 0.25) is 0 Å². The Labute approximate surface area is 211 Å². The van der Waals surface area contributed by atoms with Crippen LogP contribution in [-0.2, 0) is 14.3 Å². The summed E-state index contributed by atoms with van der Waals surface area (Å²) in [6.45, 7) is 6.03. The van der Waals surface area contributed by atoms with Crippen molar-refractivity contribution < 1.29 is 23.9 Å². The molecular formula is C28H35NO5S. The Morgan fingerprint density at radius 3 is 2.71 bits per heavy atom. The fraction of sp³-hybridized carbons (Fsp3) is 0.536. The quantitative estimate of drug-likeness (QED) is 0.202. The summed E-state index contributed by atoms with van der Waals surface area (Å²) in [5.41, 5.74) is 0.869. The number of carbonyl (C=O) groups excluding carboxylic acids is 3. The molecule has 3 saturated carbocycles. The second-order valence-corrected chi connectivity index (χ2v) is 11.3. The monoisotopic (exact) mass is 497 g/mol. The number of carbonyl (C=O) groups is 3. The summed E-state index contributed by atoms with van der Waals surface area (Å²) < 4.78 is 10.9. The summed E-state index contributed by atoms with van der Waals surface area (Å²) in [5, 5.41) is 6.12. The second-order valence-electron chi connectivity index (χ2n) is 10.4. The number of hydrogen-bond donors (Lipinski definition) is 1. The van der Waals surface area contributed by atoms with E-state index in [1.165, 1.54) is 25.4 Å². The highest BCUT2D eigenvalue weighted by Gasteiger charge is 2.57. The number of fused-ring (bicyclic) bond motifs is 3. The average molecular weight is 498 g/mol. The van der Waals surface area contributed by atoms with Crippen molar-refractivity contribution in [1.29, 1.82) is 0 Å². The Morgan fingerprint density at radius 2 is 2.00 bits per heavy atom. The minimum atomic E-state index is -0.379.